The second-order valence-corrected chi connectivity index (χ2v) is 4.99. The fourth-order valence-corrected chi connectivity index (χ4v) is 2.00. The normalized spacial score (nSPS) is 19.2. The second-order valence-electron chi connectivity index (χ2n) is 4.99. The van der Waals surface area contributed by atoms with Gasteiger partial charge in [0.05, 0.1) is 11.7 Å². The molecule has 1 unspecified atom stereocenters. The van der Waals surface area contributed by atoms with Gasteiger partial charge in [-0.2, -0.15) is 13.2 Å². The molecule has 0 aromatic heterocycles. The highest BCUT2D eigenvalue weighted by Crippen LogP contribution is 2.29. The number of nitrogens with zero attached hydrogens (tertiary/aromatic N) is 1. The van der Waals surface area contributed by atoms with E-state index >= 15 is 0 Å². The van der Waals surface area contributed by atoms with Crippen LogP contribution in [0.5, 0.6) is 0 Å². The number of benzene rings is 1. The first-order valence-corrected chi connectivity index (χ1v) is 6.58. The summed E-state index contributed by atoms with van der Waals surface area (Å²) in [7, 11) is 1.63. The second kappa shape index (κ2) is 6.35. The van der Waals surface area contributed by atoms with Crippen LogP contribution in [-0.2, 0) is 15.7 Å². The monoisotopic (exact) mass is 316 g/mol. The molecule has 120 valence electrons. The molecule has 0 aliphatic carbocycles. The molecule has 1 heterocycles. The Bertz CT molecular complexity index is 557. The van der Waals surface area contributed by atoms with Crippen LogP contribution < -0.4 is 5.32 Å². The minimum Gasteiger partial charge on any atom is -0.365 e. The number of carbonyl (C=O) groups excluding carboxylic acids is 2. The van der Waals surface area contributed by atoms with Crippen LogP contribution in [0.1, 0.15) is 15.9 Å². The van der Waals surface area contributed by atoms with Gasteiger partial charge in [-0.3, -0.25) is 9.59 Å². The van der Waals surface area contributed by atoms with Crippen molar-refractivity contribution >= 4 is 11.8 Å². The van der Waals surface area contributed by atoms with Crippen molar-refractivity contribution in [1.82, 2.24) is 10.2 Å². The smallest absolute Gasteiger partial charge is 0.365 e. The number of amides is 2. The molecule has 22 heavy (non-hydrogen) atoms. The van der Waals surface area contributed by atoms with E-state index in [-0.39, 0.29) is 30.7 Å². The highest BCUT2D eigenvalue weighted by Gasteiger charge is 2.30. The molecule has 2 rings (SSSR count). The van der Waals surface area contributed by atoms with E-state index in [1.807, 2.05) is 0 Å². The largest absolute Gasteiger partial charge is 0.416 e. The summed E-state index contributed by atoms with van der Waals surface area (Å²) in [4.78, 5) is 24.6. The molecule has 0 spiro atoms. The van der Waals surface area contributed by atoms with Gasteiger partial charge in [-0.1, -0.05) is 0 Å². The van der Waals surface area contributed by atoms with E-state index in [4.69, 9.17) is 4.74 Å². The zero-order valence-corrected chi connectivity index (χ0v) is 11.8. The Balaban J connectivity index is 1.89. The van der Waals surface area contributed by atoms with Crippen molar-refractivity contribution in [1.29, 1.82) is 0 Å². The first-order valence-electron chi connectivity index (χ1n) is 6.58. The summed E-state index contributed by atoms with van der Waals surface area (Å²) in [5, 5.41) is 2.58. The van der Waals surface area contributed by atoms with Crippen LogP contribution in [0.15, 0.2) is 24.3 Å². The molecule has 0 radical (unpaired) electrons. The first kappa shape index (κ1) is 16.3. The minimum absolute atomic E-state index is 0.0443. The summed E-state index contributed by atoms with van der Waals surface area (Å²) >= 11 is 0. The molecule has 5 nitrogen and oxygen atoms in total. The summed E-state index contributed by atoms with van der Waals surface area (Å²) in [6.07, 6.45) is -4.76. The summed E-state index contributed by atoms with van der Waals surface area (Å²) in [5.74, 6) is -0.623. The van der Waals surface area contributed by atoms with Crippen LogP contribution in [0.3, 0.4) is 0 Å². The third kappa shape index (κ3) is 3.97. The minimum atomic E-state index is -4.43. The van der Waals surface area contributed by atoms with Gasteiger partial charge in [0.1, 0.15) is 6.61 Å². The third-order valence-corrected chi connectivity index (χ3v) is 3.31. The summed E-state index contributed by atoms with van der Waals surface area (Å²) < 4.78 is 42.5. The predicted molar refractivity (Wildman–Crippen MR) is 71.2 cm³/mol. The van der Waals surface area contributed by atoms with Gasteiger partial charge in [0.15, 0.2) is 0 Å². The number of ether oxygens (including phenoxy) is 1. The maximum Gasteiger partial charge on any atom is 0.416 e. The first-order chi connectivity index (χ1) is 10.3. The summed E-state index contributed by atoms with van der Waals surface area (Å²) in [6.45, 7) is 0.487. The number of hydrogen-bond acceptors (Lipinski definition) is 3. The van der Waals surface area contributed by atoms with Crippen LogP contribution in [-0.4, -0.2) is 49.6 Å². The van der Waals surface area contributed by atoms with Gasteiger partial charge in [-0.25, -0.2) is 0 Å². The average molecular weight is 316 g/mol. The lowest BCUT2D eigenvalue weighted by Crippen LogP contribution is -2.48. The van der Waals surface area contributed by atoms with E-state index in [1.165, 1.54) is 4.90 Å². The Morgan fingerprint density at radius 1 is 1.36 bits per heavy atom. The molecule has 2 amide bonds. The number of nitrogens with one attached hydrogen (secondary N) is 1. The molecule has 1 aliphatic heterocycles. The predicted octanol–water partition coefficient (Wildman–Crippen LogP) is 1.29. The molecule has 0 saturated carbocycles. The topological polar surface area (TPSA) is 58.6 Å². The molecule has 0 bridgehead atoms. The lowest BCUT2D eigenvalue weighted by Gasteiger charge is -2.29. The molecule has 8 heteroatoms. The number of alkyl halides is 3. The van der Waals surface area contributed by atoms with Crippen LogP contribution in [0.2, 0.25) is 0 Å². The Labute approximate surface area is 125 Å². The number of carbonyl (C=O) groups is 2. The van der Waals surface area contributed by atoms with E-state index in [0.717, 1.165) is 24.3 Å². The standard InChI is InChI=1S/C14H15F3N2O3/c1-19-7-11(22-8-12(19)20)6-18-13(21)9-2-4-10(5-3-9)14(15,16)17/h2-5,11H,6-8H2,1H3,(H,18,21). The van der Waals surface area contributed by atoms with Crippen LogP contribution in [0.25, 0.3) is 0 Å². The Hall–Kier alpha value is -2.09. The highest BCUT2D eigenvalue weighted by molar-refractivity contribution is 5.94. The maximum absolute atomic E-state index is 12.4. The van der Waals surface area contributed by atoms with E-state index in [1.54, 1.807) is 7.05 Å². The van der Waals surface area contributed by atoms with E-state index in [2.05, 4.69) is 5.32 Å². The van der Waals surface area contributed by atoms with Crippen LogP contribution in [0, 0.1) is 0 Å². The zero-order valence-electron chi connectivity index (χ0n) is 11.8. The van der Waals surface area contributed by atoms with Crippen LogP contribution >= 0.6 is 0 Å². The molecule has 1 N–H and O–H groups in total. The average Bonchev–Trinajstić information content (AvgIpc) is 2.47. The van der Waals surface area contributed by atoms with Crippen molar-refractivity contribution in [3.8, 4) is 0 Å². The van der Waals surface area contributed by atoms with Gasteiger partial charge in [-0.15, -0.1) is 0 Å². The number of morpholine rings is 1. The maximum atomic E-state index is 12.4. The van der Waals surface area contributed by atoms with Crippen molar-refractivity contribution in [2.75, 3.05) is 26.7 Å². The van der Waals surface area contributed by atoms with Crippen molar-refractivity contribution in [2.24, 2.45) is 0 Å². The Morgan fingerprint density at radius 3 is 2.55 bits per heavy atom. The van der Waals surface area contributed by atoms with Crippen LogP contribution in [0.4, 0.5) is 13.2 Å². The molecule has 1 atom stereocenters. The van der Waals surface area contributed by atoms with Gasteiger partial charge in [-0.05, 0) is 24.3 Å². The van der Waals surface area contributed by atoms with Crippen molar-refractivity contribution in [3.05, 3.63) is 35.4 Å². The fourth-order valence-electron chi connectivity index (χ4n) is 2.00. The summed E-state index contributed by atoms with van der Waals surface area (Å²) in [5.41, 5.74) is -0.673. The molecule has 1 aromatic rings. The SMILES string of the molecule is CN1CC(CNC(=O)c2ccc(C(F)(F)F)cc2)OCC1=O. The Morgan fingerprint density at radius 2 is 2.00 bits per heavy atom. The molecular formula is C14H15F3N2O3. The third-order valence-electron chi connectivity index (χ3n) is 3.31. The van der Waals surface area contributed by atoms with Gasteiger partial charge in [0.25, 0.3) is 5.91 Å². The van der Waals surface area contributed by atoms with Crippen molar-refractivity contribution in [3.63, 3.8) is 0 Å². The number of halogens is 3. The molecule has 1 saturated heterocycles. The quantitative estimate of drug-likeness (QED) is 0.914. The Kier molecular flexibility index (Phi) is 4.70. The fraction of sp³-hybridized carbons (Fsp3) is 0.429. The number of likely N-dealkylation sites (N-methyl/N-ethyl adjacent to an activating group) is 1. The molecule has 1 aliphatic rings. The van der Waals surface area contributed by atoms with Crippen molar-refractivity contribution < 1.29 is 27.5 Å². The molecular weight excluding hydrogens is 301 g/mol. The highest BCUT2D eigenvalue weighted by atomic mass is 19.4. The lowest BCUT2D eigenvalue weighted by molar-refractivity contribution is -0.146. The van der Waals surface area contributed by atoms with Gasteiger partial charge in [0.2, 0.25) is 5.91 Å². The molecule has 1 aromatic carbocycles. The zero-order chi connectivity index (χ0) is 16.3. The van der Waals surface area contributed by atoms with Crippen molar-refractivity contribution in [2.45, 2.75) is 12.3 Å². The van der Waals surface area contributed by atoms with E-state index in [0.29, 0.717) is 6.54 Å². The van der Waals surface area contributed by atoms with Gasteiger partial charge >= 0.3 is 6.18 Å². The number of hydrogen-bond donors (Lipinski definition) is 1. The lowest BCUT2D eigenvalue weighted by atomic mass is 10.1. The van der Waals surface area contributed by atoms with E-state index < -0.39 is 17.6 Å². The number of rotatable bonds is 3. The summed E-state index contributed by atoms with van der Waals surface area (Å²) in [6, 6.07) is 3.96. The van der Waals surface area contributed by atoms with Gasteiger partial charge < -0.3 is 15.0 Å². The molecule has 1 fully saturated rings. The van der Waals surface area contributed by atoms with Gasteiger partial charge in [0, 0.05) is 25.7 Å². The van der Waals surface area contributed by atoms with E-state index in [9.17, 15) is 22.8 Å².